The molecule has 0 saturated carbocycles. The number of hydrogen-bond acceptors (Lipinski definition) is 4. The number of ether oxygens (including phenoxy) is 2. The zero-order valence-electron chi connectivity index (χ0n) is 13.7. The first kappa shape index (κ1) is 19.3. The second-order valence-electron chi connectivity index (χ2n) is 5.20. The van der Waals surface area contributed by atoms with Gasteiger partial charge in [-0.2, -0.15) is 0 Å². The molecule has 7 heteroatoms. The van der Waals surface area contributed by atoms with Crippen molar-refractivity contribution in [3.05, 3.63) is 63.1 Å². The number of hydrogen-bond donors (Lipinski definition) is 1. The van der Waals surface area contributed by atoms with Crippen LogP contribution >= 0.6 is 27.5 Å². The van der Waals surface area contributed by atoms with Crippen LogP contribution in [0.4, 0.5) is 0 Å². The largest absolute Gasteiger partial charge is 0.497 e. The summed E-state index contributed by atoms with van der Waals surface area (Å²) in [4.78, 5) is 24.3. The van der Waals surface area contributed by atoms with Crippen LogP contribution in [0.15, 0.2) is 46.9 Å². The van der Waals surface area contributed by atoms with E-state index in [9.17, 15) is 9.59 Å². The third-order valence-electron chi connectivity index (χ3n) is 3.59. The van der Waals surface area contributed by atoms with E-state index in [1.807, 2.05) is 0 Å². The van der Waals surface area contributed by atoms with Gasteiger partial charge in [-0.25, -0.2) is 0 Å². The average molecular weight is 427 g/mol. The fourth-order valence-corrected chi connectivity index (χ4v) is 2.81. The van der Waals surface area contributed by atoms with Crippen LogP contribution in [0.25, 0.3) is 0 Å². The predicted molar refractivity (Wildman–Crippen MR) is 99.0 cm³/mol. The Labute approximate surface area is 159 Å². The van der Waals surface area contributed by atoms with Gasteiger partial charge >= 0.3 is 5.97 Å². The molecule has 1 unspecified atom stereocenters. The van der Waals surface area contributed by atoms with Crippen molar-refractivity contribution in [1.82, 2.24) is 5.32 Å². The van der Waals surface area contributed by atoms with Crippen LogP contribution in [-0.4, -0.2) is 26.1 Å². The number of carbonyl (C=O) groups excluding carboxylic acids is 2. The highest BCUT2D eigenvalue weighted by Gasteiger charge is 2.21. The smallest absolute Gasteiger partial charge is 0.307 e. The van der Waals surface area contributed by atoms with Gasteiger partial charge in [0, 0.05) is 4.47 Å². The lowest BCUT2D eigenvalue weighted by molar-refractivity contribution is -0.141. The fourth-order valence-electron chi connectivity index (χ4n) is 2.25. The van der Waals surface area contributed by atoms with Crippen LogP contribution in [0.1, 0.15) is 28.4 Å². The van der Waals surface area contributed by atoms with Gasteiger partial charge in [-0.15, -0.1) is 0 Å². The summed E-state index contributed by atoms with van der Waals surface area (Å²) in [6, 6.07) is 11.5. The third-order valence-corrected chi connectivity index (χ3v) is 4.42. The molecule has 0 heterocycles. The van der Waals surface area contributed by atoms with Gasteiger partial charge in [0.05, 0.1) is 37.3 Å². The maximum absolute atomic E-state index is 12.6. The highest BCUT2D eigenvalue weighted by Crippen LogP contribution is 2.24. The van der Waals surface area contributed by atoms with Gasteiger partial charge in [0.25, 0.3) is 5.91 Å². The Hall–Kier alpha value is -2.05. The third kappa shape index (κ3) is 5.21. The lowest BCUT2D eigenvalue weighted by Gasteiger charge is -2.19. The first-order chi connectivity index (χ1) is 11.9. The molecule has 0 spiro atoms. The Morgan fingerprint density at radius 1 is 1.16 bits per heavy atom. The highest BCUT2D eigenvalue weighted by atomic mass is 79.9. The van der Waals surface area contributed by atoms with Crippen LogP contribution in [0.3, 0.4) is 0 Å². The first-order valence-corrected chi connectivity index (χ1v) is 8.58. The molecule has 2 aromatic carbocycles. The zero-order chi connectivity index (χ0) is 18.4. The van der Waals surface area contributed by atoms with Crippen molar-refractivity contribution >= 4 is 39.4 Å². The van der Waals surface area contributed by atoms with Gasteiger partial charge in [0.2, 0.25) is 0 Å². The van der Waals surface area contributed by atoms with Crippen molar-refractivity contribution in [3.63, 3.8) is 0 Å². The SMILES string of the molecule is COC(=O)CC(NC(=O)c1cc(Br)ccc1Cl)c1ccc(OC)cc1. The van der Waals surface area contributed by atoms with Crippen LogP contribution < -0.4 is 10.1 Å². The van der Waals surface area contributed by atoms with Gasteiger partial charge in [0.15, 0.2) is 0 Å². The highest BCUT2D eigenvalue weighted by molar-refractivity contribution is 9.10. The standard InChI is InChI=1S/C18H17BrClNO4/c1-24-13-6-3-11(4-7-13)16(10-17(22)25-2)21-18(23)14-9-12(19)5-8-15(14)20/h3-9,16H,10H2,1-2H3,(H,21,23). The van der Waals surface area contributed by atoms with E-state index in [0.717, 1.165) is 10.0 Å². The van der Waals surface area contributed by atoms with Crippen molar-refractivity contribution in [2.75, 3.05) is 14.2 Å². The van der Waals surface area contributed by atoms with Crippen molar-refractivity contribution in [3.8, 4) is 5.75 Å². The minimum absolute atomic E-state index is 0.000190. The van der Waals surface area contributed by atoms with Gasteiger partial charge < -0.3 is 14.8 Å². The summed E-state index contributed by atoms with van der Waals surface area (Å²) in [5, 5.41) is 3.16. The first-order valence-electron chi connectivity index (χ1n) is 7.41. The molecule has 0 aliphatic carbocycles. The minimum Gasteiger partial charge on any atom is -0.497 e. The number of esters is 1. The second-order valence-corrected chi connectivity index (χ2v) is 6.53. The molecule has 2 aromatic rings. The summed E-state index contributed by atoms with van der Waals surface area (Å²) in [5.74, 6) is -0.126. The van der Waals surface area contributed by atoms with Gasteiger partial charge in [-0.3, -0.25) is 9.59 Å². The minimum atomic E-state index is -0.555. The quantitative estimate of drug-likeness (QED) is 0.705. The van der Waals surface area contributed by atoms with E-state index in [2.05, 4.69) is 21.2 Å². The monoisotopic (exact) mass is 425 g/mol. The van der Waals surface area contributed by atoms with Gasteiger partial charge in [0.1, 0.15) is 5.75 Å². The van der Waals surface area contributed by atoms with Gasteiger partial charge in [-0.1, -0.05) is 39.7 Å². The molecule has 0 aliphatic rings. The Morgan fingerprint density at radius 3 is 2.44 bits per heavy atom. The summed E-state index contributed by atoms with van der Waals surface area (Å²) in [6.07, 6.45) is 0.000190. The molecule has 1 atom stereocenters. The number of benzene rings is 2. The van der Waals surface area contributed by atoms with Crippen molar-refractivity contribution < 1.29 is 19.1 Å². The topological polar surface area (TPSA) is 64.6 Å². The second kappa shape index (κ2) is 8.87. The molecule has 0 aromatic heterocycles. The summed E-state index contributed by atoms with van der Waals surface area (Å²) < 4.78 is 10.6. The summed E-state index contributed by atoms with van der Waals surface area (Å²) >= 11 is 9.42. The van der Waals surface area contributed by atoms with Crippen LogP contribution in [0.2, 0.25) is 5.02 Å². The zero-order valence-corrected chi connectivity index (χ0v) is 16.1. The van der Waals surface area contributed by atoms with Crippen molar-refractivity contribution in [1.29, 1.82) is 0 Å². The maximum Gasteiger partial charge on any atom is 0.307 e. The summed E-state index contributed by atoms with van der Waals surface area (Å²) in [7, 11) is 2.87. The Kier molecular flexibility index (Phi) is 6.84. The number of halogens is 2. The average Bonchev–Trinajstić information content (AvgIpc) is 2.63. The lowest BCUT2D eigenvalue weighted by atomic mass is 10.0. The van der Waals surface area contributed by atoms with Crippen molar-refractivity contribution in [2.45, 2.75) is 12.5 Å². The summed E-state index contributed by atoms with van der Waals surface area (Å²) in [5.41, 5.74) is 1.07. The normalized spacial score (nSPS) is 11.5. The molecule has 0 fully saturated rings. The number of methoxy groups -OCH3 is 2. The van der Waals surface area contributed by atoms with E-state index in [4.69, 9.17) is 21.1 Å². The number of nitrogens with one attached hydrogen (secondary N) is 1. The van der Waals surface area contributed by atoms with E-state index in [1.165, 1.54) is 7.11 Å². The summed E-state index contributed by atoms with van der Waals surface area (Å²) in [6.45, 7) is 0. The molecule has 5 nitrogen and oxygen atoms in total. The molecule has 0 bridgehead atoms. The van der Waals surface area contributed by atoms with E-state index < -0.39 is 12.0 Å². The van der Waals surface area contributed by atoms with E-state index in [-0.39, 0.29) is 12.3 Å². The van der Waals surface area contributed by atoms with E-state index >= 15 is 0 Å². The van der Waals surface area contributed by atoms with Crippen molar-refractivity contribution in [2.24, 2.45) is 0 Å². The Balaban J connectivity index is 2.27. The fraction of sp³-hybridized carbons (Fsp3) is 0.222. The molecule has 0 aliphatic heterocycles. The Morgan fingerprint density at radius 2 is 1.84 bits per heavy atom. The number of carbonyl (C=O) groups is 2. The van der Waals surface area contributed by atoms with Crippen LogP contribution in [0.5, 0.6) is 5.75 Å². The molecule has 2 rings (SSSR count). The van der Waals surface area contributed by atoms with E-state index in [0.29, 0.717) is 16.3 Å². The van der Waals surface area contributed by atoms with Crippen LogP contribution in [0, 0.1) is 0 Å². The molecule has 1 amide bonds. The molecule has 0 radical (unpaired) electrons. The molecule has 25 heavy (non-hydrogen) atoms. The maximum atomic E-state index is 12.6. The number of rotatable bonds is 6. The molecular weight excluding hydrogens is 410 g/mol. The lowest BCUT2D eigenvalue weighted by Crippen LogP contribution is -2.30. The predicted octanol–water partition coefficient (Wildman–Crippen LogP) is 4.15. The molecule has 1 N–H and O–H groups in total. The molecular formula is C18H17BrClNO4. The van der Waals surface area contributed by atoms with Crippen LogP contribution in [-0.2, 0) is 9.53 Å². The Bertz CT molecular complexity index is 764. The molecule has 0 saturated heterocycles. The molecule has 132 valence electrons. The van der Waals surface area contributed by atoms with E-state index in [1.54, 1.807) is 49.6 Å². The number of amides is 1. The van der Waals surface area contributed by atoms with Gasteiger partial charge in [-0.05, 0) is 35.9 Å².